The molecule has 0 aliphatic heterocycles. The Hall–Kier alpha value is -1.12. The van der Waals surface area contributed by atoms with Crippen molar-refractivity contribution in [2.24, 2.45) is 5.41 Å². The first-order valence-electron chi connectivity index (χ1n) is 4.93. The van der Waals surface area contributed by atoms with Crippen molar-refractivity contribution in [2.75, 3.05) is 11.9 Å². The Morgan fingerprint density at radius 3 is 2.21 bits per heavy atom. The minimum Gasteiger partial charge on any atom is -0.381 e. The fourth-order valence-corrected chi connectivity index (χ4v) is 1.17. The Labute approximate surface area is 83.8 Å². The minimum absolute atomic E-state index is 0.159. The summed E-state index contributed by atoms with van der Waals surface area (Å²) in [7, 11) is 0. The Kier molecular flexibility index (Phi) is 2.79. The number of nitrogens with one attached hydrogen (secondary N) is 1. The zero-order valence-corrected chi connectivity index (χ0v) is 9.23. The maximum absolute atomic E-state index is 11.1. The van der Waals surface area contributed by atoms with Gasteiger partial charge in [-0.05, 0) is 18.8 Å². The van der Waals surface area contributed by atoms with Crippen LogP contribution in [0.4, 0.5) is 5.69 Å². The minimum atomic E-state index is -0.366. The molecule has 0 aliphatic carbocycles. The highest BCUT2D eigenvalue weighted by Crippen LogP contribution is 2.20. The van der Waals surface area contributed by atoms with Crippen molar-refractivity contribution in [1.29, 1.82) is 0 Å². The molecule has 0 bridgehead atoms. The van der Waals surface area contributed by atoms with Crippen molar-refractivity contribution in [3.05, 3.63) is 26.0 Å². The van der Waals surface area contributed by atoms with E-state index in [4.69, 9.17) is 0 Å². The van der Waals surface area contributed by atoms with Gasteiger partial charge in [-0.2, -0.15) is 0 Å². The highest BCUT2D eigenvalue weighted by atomic mass is 16.2. The zero-order chi connectivity index (χ0) is 10.9. The van der Waals surface area contributed by atoms with Crippen molar-refractivity contribution in [1.82, 2.24) is 0 Å². The van der Waals surface area contributed by atoms with E-state index in [0.29, 0.717) is 11.3 Å². The maximum Gasteiger partial charge on any atom is 0.249 e. The predicted molar refractivity (Wildman–Crippen MR) is 58.7 cm³/mol. The van der Waals surface area contributed by atoms with Gasteiger partial charge in [0.25, 0.3) is 0 Å². The van der Waals surface area contributed by atoms with E-state index in [2.05, 4.69) is 26.1 Å². The van der Waals surface area contributed by atoms with E-state index in [1.807, 2.05) is 0 Å². The molecule has 0 saturated heterocycles. The van der Waals surface area contributed by atoms with Gasteiger partial charge in [0, 0.05) is 12.1 Å². The van der Waals surface area contributed by atoms with Crippen LogP contribution in [0.15, 0.2) is 9.59 Å². The Bertz CT molecular complexity index is 397. The standard InChI is InChI=1S/C11H17NO2/c1-5-11(3,4)6-12-8-7(2)9(13)10(8)14/h12H,5-6H2,1-4H3. The van der Waals surface area contributed by atoms with E-state index < -0.39 is 0 Å². The van der Waals surface area contributed by atoms with Crippen LogP contribution in [0.25, 0.3) is 0 Å². The molecule has 0 unspecified atom stereocenters. The molecule has 0 fully saturated rings. The second kappa shape index (κ2) is 3.56. The summed E-state index contributed by atoms with van der Waals surface area (Å²) in [6.07, 6.45) is 1.04. The van der Waals surface area contributed by atoms with Gasteiger partial charge >= 0.3 is 0 Å². The molecular weight excluding hydrogens is 178 g/mol. The van der Waals surface area contributed by atoms with Gasteiger partial charge in [0.1, 0.15) is 0 Å². The molecular formula is C11H17NO2. The Balaban J connectivity index is 2.65. The average molecular weight is 195 g/mol. The molecule has 1 aromatic carbocycles. The van der Waals surface area contributed by atoms with Crippen LogP contribution < -0.4 is 16.2 Å². The molecule has 0 saturated carbocycles. The highest BCUT2D eigenvalue weighted by molar-refractivity contribution is 5.55. The number of hydrogen-bond acceptors (Lipinski definition) is 3. The van der Waals surface area contributed by atoms with Gasteiger partial charge in [0.2, 0.25) is 10.9 Å². The molecule has 0 aliphatic rings. The van der Waals surface area contributed by atoms with E-state index in [1.54, 1.807) is 6.92 Å². The number of anilines is 1. The summed E-state index contributed by atoms with van der Waals surface area (Å²) >= 11 is 0. The van der Waals surface area contributed by atoms with Crippen molar-refractivity contribution in [3.8, 4) is 0 Å². The quantitative estimate of drug-likeness (QED) is 0.739. The van der Waals surface area contributed by atoms with E-state index >= 15 is 0 Å². The second-order valence-corrected chi connectivity index (χ2v) is 4.53. The Morgan fingerprint density at radius 2 is 1.79 bits per heavy atom. The summed E-state index contributed by atoms with van der Waals surface area (Å²) in [5, 5.41) is 3.05. The Morgan fingerprint density at radius 1 is 1.21 bits per heavy atom. The van der Waals surface area contributed by atoms with Gasteiger partial charge in [-0.3, -0.25) is 9.59 Å². The topological polar surface area (TPSA) is 46.2 Å². The zero-order valence-electron chi connectivity index (χ0n) is 9.23. The first-order chi connectivity index (χ1) is 6.39. The van der Waals surface area contributed by atoms with Crippen LogP contribution in [0.2, 0.25) is 0 Å². The second-order valence-electron chi connectivity index (χ2n) is 4.53. The van der Waals surface area contributed by atoms with Gasteiger partial charge in [0.15, 0.2) is 0 Å². The van der Waals surface area contributed by atoms with Crippen molar-refractivity contribution < 1.29 is 0 Å². The molecule has 0 radical (unpaired) electrons. The third kappa shape index (κ3) is 1.86. The summed E-state index contributed by atoms with van der Waals surface area (Å²) in [5.41, 5.74) is 0.529. The van der Waals surface area contributed by atoms with Crippen LogP contribution in [-0.4, -0.2) is 6.54 Å². The van der Waals surface area contributed by atoms with Crippen LogP contribution in [0, 0.1) is 12.3 Å². The molecule has 0 aromatic heterocycles. The molecule has 0 atom stereocenters. The highest BCUT2D eigenvalue weighted by Gasteiger charge is 2.20. The normalized spacial score (nSPS) is 12.0. The van der Waals surface area contributed by atoms with Crippen LogP contribution >= 0.6 is 0 Å². The lowest BCUT2D eigenvalue weighted by atomic mass is 9.90. The van der Waals surface area contributed by atoms with Gasteiger partial charge in [0.05, 0.1) is 5.69 Å². The monoisotopic (exact) mass is 195 g/mol. The van der Waals surface area contributed by atoms with Crippen LogP contribution in [0.1, 0.15) is 32.8 Å². The van der Waals surface area contributed by atoms with E-state index in [9.17, 15) is 9.59 Å². The lowest BCUT2D eigenvalue weighted by Crippen LogP contribution is -2.38. The van der Waals surface area contributed by atoms with E-state index in [1.165, 1.54) is 0 Å². The lowest BCUT2D eigenvalue weighted by Gasteiger charge is -2.24. The van der Waals surface area contributed by atoms with E-state index in [-0.39, 0.29) is 16.3 Å². The van der Waals surface area contributed by atoms with Gasteiger partial charge in [-0.25, -0.2) is 0 Å². The summed E-state index contributed by atoms with van der Waals surface area (Å²) in [6, 6.07) is 0. The predicted octanol–water partition coefficient (Wildman–Crippen LogP) is 1.44. The third-order valence-corrected chi connectivity index (χ3v) is 2.85. The fourth-order valence-electron chi connectivity index (χ4n) is 1.17. The van der Waals surface area contributed by atoms with Gasteiger partial charge < -0.3 is 5.32 Å². The summed E-state index contributed by atoms with van der Waals surface area (Å²) in [6.45, 7) is 8.78. The van der Waals surface area contributed by atoms with Crippen LogP contribution in [0.5, 0.6) is 0 Å². The average Bonchev–Trinajstić information content (AvgIpc) is 2.17. The number of rotatable bonds is 4. The van der Waals surface area contributed by atoms with Gasteiger partial charge in [-0.1, -0.05) is 20.8 Å². The van der Waals surface area contributed by atoms with E-state index in [0.717, 1.165) is 13.0 Å². The maximum atomic E-state index is 11.1. The summed E-state index contributed by atoms with van der Waals surface area (Å²) in [4.78, 5) is 22.0. The largest absolute Gasteiger partial charge is 0.381 e. The molecule has 0 spiro atoms. The van der Waals surface area contributed by atoms with Crippen molar-refractivity contribution in [3.63, 3.8) is 0 Å². The molecule has 3 heteroatoms. The molecule has 1 rings (SSSR count). The molecule has 1 aromatic rings. The molecule has 78 valence electrons. The smallest absolute Gasteiger partial charge is 0.249 e. The lowest BCUT2D eigenvalue weighted by molar-refractivity contribution is 0.376. The van der Waals surface area contributed by atoms with Crippen molar-refractivity contribution in [2.45, 2.75) is 34.1 Å². The van der Waals surface area contributed by atoms with Crippen LogP contribution in [-0.2, 0) is 0 Å². The van der Waals surface area contributed by atoms with Crippen LogP contribution in [0.3, 0.4) is 0 Å². The molecule has 0 amide bonds. The fraction of sp³-hybridized carbons (Fsp3) is 0.636. The first-order valence-corrected chi connectivity index (χ1v) is 4.93. The first kappa shape index (κ1) is 11.0. The van der Waals surface area contributed by atoms with Crippen molar-refractivity contribution >= 4 is 5.69 Å². The SMILES string of the molecule is CCC(C)(C)CNc1c(C)c(=O)c1=O. The molecule has 14 heavy (non-hydrogen) atoms. The molecule has 1 N–H and O–H groups in total. The summed E-state index contributed by atoms with van der Waals surface area (Å²) in [5.74, 6) is 0. The number of hydrogen-bond donors (Lipinski definition) is 1. The summed E-state index contributed by atoms with van der Waals surface area (Å²) < 4.78 is 0. The molecule has 3 nitrogen and oxygen atoms in total. The van der Waals surface area contributed by atoms with Gasteiger partial charge in [-0.15, -0.1) is 0 Å². The molecule has 0 heterocycles. The third-order valence-electron chi connectivity index (χ3n) is 2.85.